The molecule has 0 aliphatic heterocycles. The van der Waals surface area contributed by atoms with Crippen molar-refractivity contribution in [2.75, 3.05) is 20.3 Å². The van der Waals surface area contributed by atoms with Crippen LogP contribution >= 0.6 is 0 Å². The topological polar surface area (TPSA) is 117 Å². The van der Waals surface area contributed by atoms with Crippen LogP contribution in [0, 0.1) is 5.92 Å². The van der Waals surface area contributed by atoms with Gasteiger partial charge in [0.05, 0.1) is 30.9 Å². The maximum Gasteiger partial charge on any atom is 0.407 e. The SMILES string of the molecule is COCCCOC(=O)N[C@@H](Cc1ccccc1)[C@@H](O)C[C@@H](CC=Cc1ccccc1)C(=O)N[C@H]1c2ccccc2C[C@H]1O. The number of ether oxygens (including phenoxy) is 2. The number of nitrogens with one attached hydrogen (secondary N) is 2. The van der Waals surface area contributed by atoms with Gasteiger partial charge in [0.25, 0.3) is 0 Å². The van der Waals surface area contributed by atoms with Gasteiger partial charge in [0, 0.05) is 32.5 Å². The average molecular weight is 587 g/mol. The third-order valence-corrected chi connectivity index (χ3v) is 7.72. The number of benzene rings is 3. The molecule has 5 atom stereocenters. The van der Waals surface area contributed by atoms with E-state index < -0.39 is 36.3 Å². The molecule has 1 aliphatic carbocycles. The van der Waals surface area contributed by atoms with Gasteiger partial charge in [0.1, 0.15) is 0 Å². The Morgan fingerprint density at radius 2 is 1.67 bits per heavy atom. The fourth-order valence-corrected chi connectivity index (χ4v) is 5.43. The molecule has 228 valence electrons. The smallest absolute Gasteiger partial charge is 0.407 e. The van der Waals surface area contributed by atoms with Crippen molar-refractivity contribution in [3.05, 3.63) is 113 Å². The van der Waals surface area contributed by atoms with Crippen LogP contribution in [0.5, 0.6) is 0 Å². The predicted octanol–water partition coefficient (Wildman–Crippen LogP) is 4.61. The molecule has 0 saturated heterocycles. The number of methoxy groups -OCH3 is 1. The van der Waals surface area contributed by atoms with Crippen molar-refractivity contribution in [3.63, 3.8) is 0 Å². The molecule has 2 amide bonds. The number of aliphatic hydroxyl groups excluding tert-OH is 2. The van der Waals surface area contributed by atoms with Gasteiger partial charge in [-0.3, -0.25) is 4.79 Å². The first kappa shape index (κ1) is 31.9. The number of hydrogen-bond donors (Lipinski definition) is 4. The molecule has 8 heteroatoms. The fourth-order valence-electron chi connectivity index (χ4n) is 5.43. The zero-order valence-corrected chi connectivity index (χ0v) is 24.6. The molecule has 0 heterocycles. The largest absolute Gasteiger partial charge is 0.449 e. The van der Waals surface area contributed by atoms with Crippen LogP contribution in [-0.2, 0) is 27.1 Å². The zero-order chi connectivity index (χ0) is 30.4. The lowest BCUT2D eigenvalue weighted by atomic mass is 9.90. The van der Waals surface area contributed by atoms with Gasteiger partial charge in [0.2, 0.25) is 5.91 Å². The predicted molar refractivity (Wildman–Crippen MR) is 166 cm³/mol. The van der Waals surface area contributed by atoms with E-state index in [1.165, 1.54) is 0 Å². The Bertz CT molecular complexity index is 1320. The second-order valence-electron chi connectivity index (χ2n) is 10.9. The zero-order valence-electron chi connectivity index (χ0n) is 24.6. The quantitative estimate of drug-likeness (QED) is 0.193. The van der Waals surface area contributed by atoms with Crippen LogP contribution in [-0.4, -0.2) is 60.8 Å². The van der Waals surface area contributed by atoms with Crippen molar-refractivity contribution in [2.45, 2.75) is 56.4 Å². The van der Waals surface area contributed by atoms with E-state index in [9.17, 15) is 19.8 Å². The monoisotopic (exact) mass is 586 g/mol. The van der Waals surface area contributed by atoms with E-state index in [1.807, 2.05) is 97.1 Å². The molecule has 0 unspecified atom stereocenters. The molecule has 0 spiro atoms. The Hall–Kier alpha value is -3.98. The van der Waals surface area contributed by atoms with Crippen molar-refractivity contribution in [3.8, 4) is 0 Å². The van der Waals surface area contributed by atoms with Gasteiger partial charge in [-0.25, -0.2) is 4.79 Å². The lowest BCUT2D eigenvalue weighted by Gasteiger charge is -2.28. The highest BCUT2D eigenvalue weighted by Crippen LogP contribution is 2.32. The molecule has 0 bridgehead atoms. The molecule has 0 aromatic heterocycles. The second-order valence-corrected chi connectivity index (χ2v) is 10.9. The molecule has 0 fully saturated rings. The third-order valence-electron chi connectivity index (χ3n) is 7.72. The summed E-state index contributed by atoms with van der Waals surface area (Å²) in [7, 11) is 1.58. The number of hydrogen-bond acceptors (Lipinski definition) is 6. The normalized spacial score (nSPS) is 18.0. The maximum absolute atomic E-state index is 13.7. The molecule has 4 N–H and O–H groups in total. The van der Waals surface area contributed by atoms with Gasteiger partial charge in [-0.2, -0.15) is 0 Å². The molecule has 8 nitrogen and oxygen atoms in total. The maximum atomic E-state index is 13.7. The van der Waals surface area contributed by atoms with Crippen LogP contribution in [0.25, 0.3) is 6.08 Å². The molecule has 0 radical (unpaired) electrons. The van der Waals surface area contributed by atoms with E-state index in [0.717, 1.165) is 22.3 Å². The van der Waals surface area contributed by atoms with E-state index in [4.69, 9.17) is 9.47 Å². The Labute approximate surface area is 253 Å². The fraction of sp³-hybridized carbons (Fsp3) is 0.371. The molecule has 3 aromatic rings. The number of carbonyl (C=O) groups is 2. The van der Waals surface area contributed by atoms with E-state index in [2.05, 4.69) is 10.6 Å². The number of fused-ring (bicyclic) bond motifs is 1. The number of rotatable bonds is 15. The molecule has 4 rings (SSSR count). The van der Waals surface area contributed by atoms with Gasteiger partial charge in [-0.1, -0.05) is 97.1 Å². The minimum absolute atomic E-state index is 0.0941. The Morgan fingerprint density at radius 1 is 0.977 bits per heavy atom. The number of alkyl carbamates (subject to hydrolysis) is 1. The lowest BCUT2D eigenvalue weighted by molar-refractivity contribution is -0.127. The van der Waals surface area contributed by atoms with Gasteiger partial charge in [0.15, 0.2) is 0 Å². The van der Waals surface area contributed by atoms with Crippen molar-refractivity contribution in [1.29, 1.82) is 0 Å². The first-order valence-corrected chi connectivity index (χ1v) is 14.9. The number of aliphatic hydroxyl groups is 2. The molecule has 0 saturated carbocycles. The summed E-state index contributed by atoms with van der Waals surface area (Å²) in [4.78, 5) is 26.4. The third kappa shape index (κ3) is 9.78. The summed E-state index contributed by atoms with van der Waals surface area (Å²) in [5, 5.41) is 28.1. The van der Waals surface area contributed by atoms with E-state index in [0.29, 0.717) is 32.3 Å². The number of carbonyl (C=O) groups excluding carboxylic acids is 2. The Kier molecular flexibility index (Phi) is 12.3. The van der Waals surface area contributed by atoms with Crippen molar-refractivity contribution < 1.29 is 29.3 Å². The Balaban J connectivity index is 1.50. The highest BCUT2D eigenvalue weighted by Gasteiger charge is 2.35. The van der Waals surface area contributed by atoms with Crippen LogP contribution in [0.15, 0.2) is 91.0 Å². The van der Waals surface area contributed by atoms with Crippen LogP contribution < -0.4 is 10.6 Å². The first-order chi connectivity index (χ1) is 20.9. The second kappa shape index (κ2) is 16.6. The minimum Gasteiger partial charge on any atom is -0.449 e. The number of amides is 2. The highest BCUT2D eigenvalue weighted by molar-refractivity contribution is 5.80. The van der Waals surface area contributed by atoms with Gasteiger partial charge >= 0.3 is 6.09 Å². The van der Waals surface area contributed by atoms with Gasteiger partial charge in [-0.15, -0.1) is 0 Å². The summed E-state index contributed by atoms with van der Waals surface area (Å²) in [6.45, 7) is 0.658. The lowest BCUT2D eigenvalue weighted by Crippen LogP contribution is -2.47. The summed E-state index contributed by atoms with van der Waals surface area (Å²) in [6.07, 6.45) is 3.31. The van der Waals surface area contributed by atoms with Crippen LogP contribution in [0.1, 0.15) is 47.6 Å². The molecular weight excluding hydrogens is 544 g/mol. The van der Waals surface area contributed by atoms with Crippen molar-refractivity contribution in [1.82, 2.24) is 10.6 Å². The highest BCUT2D eigenvalue weighted by atomic mass is 16.5. The molecule has 3 aromatic carbocycles. The first-order valence-electron chi connectivity index (χ1n) is 14.9. The summed E-state index contributed by atoms with van der Waals surface area (Å²) >= 11 is 0. The standard InChI is InChI=1S/C35H42N2O6/c1-42-20-11-21-43-35(41)36-30(22-26-14-6-3-7-15-26)31(38)24-28(18-10-16-25-12-4-2-5-13-25)34(40)37-33-29-19-9-8-17-27(29)23-32(33)39/h2-10,12-17,19,28,30-33,38-39H,11,18,20-24H2,1H3,(H,36,41)(H,37,40)/t28-,30+,31+,32-,33+/m1/s1. The van der Waals surface area contributed by atoms with Crippen LogP contribution in [0.2, 0.25) is 0 Å². The van der Waals surface area contributed by atoms with E-state index in [1.54, 1.807) is 7.11 Å². The summed E-state index contributed by atoms with van der Waals surface area (Å²) in [5.74, 6) is -0.883. The van der Waals surface area contributed by atoms with Crippen molar-refractivity contribution >= 4 is 18.1 Å². The molecular formula is C35H42N2O6. The van der Waals surface area contributed by atoms with Gasteiger partial charge < -0.3 is 30.3 Å². The van der Waals surface area contributed by atoms with E-state index >= 15 is 0 Å². The Morgan fingerprint density at radius 3 is 2.42 bits per heavy atom. The summed E-state index contributed by atoms with van der Waals surface area (Å²) < 4.78 is 10.3. The number of allylic oxidation sites excluding steroid dienone is 1. The van der Waals surface area contributed by atoms with Crippen LogP contribution in [0.3, 0.4) is 0 Å². The average Bonchev–Trinajstić information content (AvgIpc) is 3.33. The van der Waals surface area contributed by atoms with Crippen molar-refractivity contribution in [2.24, 2.45) is 5.92 Å². The van der Waals surface area contributed by atoms with Crippen LogP contribution in [0.4, 0.5) is 4.79 Å². The summed E-state index contributed by atoms with van der Waals surface area (Å²) in [6, 6.07) is 25.8. The minimum atomic E-state index is -1.05. The van der Waals surface area contributed by atoms with E-state index in [-0.39, 0.29) is 18.9 Å². The summed E-state index contributed by atoms with van der Waals surface area (Å²) in [5.41, 5.74) is 3.85. The molecule has 43 heavy (non-hydrogen) atoms. The van der Waals surface area contributed by atoms with Gasteiger partial charge in [-0.05, 0) is 41.5 Å². The molecule has 1 aliphatic rings.